The van der Waals surface area contributed by atoms with E-state index in [4.69, 9.17) is 15.0 Å². The van der Waals surface area contributed by atoms with E-state index in [9.17, 15) is 0 Å². The molecule has 3 saturated carbocycles. The summed E-state index contributed by atoms with van der Waals surface area (Å²) < 4.78 is 11.1. The number of nitrogens with two attached hydrogens (primary N) is 1. The van der Waals surface area contributed by atoms with Crippen LogP contribution in [0.4, 0.5) is 0 Å². The molecule has 3 unspecified atom stereocenters. The van der Waals surface area contributed by atoms with Gasteiger partial charge in [0, 0.05) is 5.92 Å². The summed E-state index contributed by atoms with van der Waals surface area (Å²) in [5, 5.41) is 4.03. The molecule has 5 nitrogen and oxygen atoms in total. The van der Waals surface area contributed by atoms with Crippen LogP contribution in [0, 0.1) is 11.8 Å². The van der Waals surface area contributed by atoms with Crippen LogP contribution >= 0.6 is 0 Å². The lowest BCUT2D eigenvalue weighted by atomic mass is 9.96. The van der Waals surface area contributed by atoms with Gasteiger partial charge in [-0.25, -0.2) is 0 Å². The summed E-state index contributed by atoms with van der Waals surface area (Å²) in [5.74, 6) is 3.73. The van der Waals surface area contributed by atoms with Gasteiger partial charge in [-0.2, -0.15) is 4.98 Å². The van der Waals surface area contributed by atoms with Crippen molar-refractivity contribution >= 4 is 0 Å². The number of nitrogens with zero attached hydrogens (tertiary/aromatic N) is 2. The molecule has 3 aliphatic carbocycles. The van der Waals surface area contributed by atoms with Crippen molar-refractivity contribution in [1.82, 2.24) is 10.1 Å². The van der Waals surface area contributed by atoms with Gasteiger partial charge >= 0.3 is 0 Å². The number of hydrogen-bond acceptors (Lipinski definition) is 5. The molecule has 5 heteroatoms. The van der Waals surface area contributed by atoms with Crippen LogP contribution in [0.25, 0.3) is 0 Å². The Kier molecular flexibility index (Phi) is 2.84. The zero-order chi connectivity index (χ0) is 12.8. The lowest BCUT2D eigenvalue weighted by Crippen LogP contribution is -2.27. The van der Waals surface area contributed by atoms with E-state index in [1.807, 2.05) is 0 Å². The number of rotatable bonds is 5. The summed E-state index contributed by atoms with van der Waals surface area (Å²) >= 11 is 0. The Hall–Kier alpha value is -0.940. The fraction of sp³-hybridized carbons (Fsp3) is 0.857. The summed E-state index contributed by atoms with van der Waals surface area (Å²) in [6.45, 7) is 0.500. The van der Waals surface area contributed by atoms with E-state index in [1.165, 1.54) is 25.7 Å². The van der Waals surface area contributed by atoms with Crippen LogP contribution in [-0.2, 0) is 4.74 Å². The van der Waals surface area contributed by atoms with Gasteiger partial charge in [0.1, 0.15) is 0 Å². The van der Waals surface area contributed by atoms with Gasteiger partial charge in [0.05, 0.1) is 18.8 Å². The molecular weight excluding hydrogens is 242 g/mol. The summed E-state index contributed by atoms with van der Waals surface area (Å²) in [5.41, 5.74) is 6.06. The quantitative estimate of drug-likeness (QED) is 0.881. The van der Waals surface area contributed by atoms with Crippen LogP contribution in [0.15, 0.2) is 4.52 Å². The van der Waals surface area contributed by atoms with E-state index in [0.717, 1.165) is 30.6 Å². The van der Waals surface area contributed by atoms with Crippen molar-refractivity contribution in [1.29, 1.82) is 0 Å². The third-order valence-corrected chi connectivity index (χ3v) is 4.95. The third-order valence-electron chi connectivity index (χ3n) is 4.95. The monoisotopic (exact) mass is 263 g/mol. The van der Waals surface area contributed by atoms with Crippen LogP contribution in [0.1, 0.15) is 62.2 Å². The van der Waals surface area contributed by atoms with E-state index in [0.29, 0.717) is 24.5 Å². The van der Waals surface area contributed by atoms with E-state index in [1.54, 1.807) is 0 Å². The number of ether oxygens (including phenoxy) is 1. The van der Waals surface area contributed by atoms with Crippen molar-refractivity contribution in [2.75, 3.05) is 6.61 Å². The average molecular weight is 263 g/mol. The van der Waals surface area contributed by atoms with Gasteiger partial charge in [-0.05, 0) is 50.4 Å². The molecule has 1 aromatic rings. The highest BCUT2D eigenvalue weighted by molar-refractivity contribution is 5.07. The van der Waals surface area contributed by atoms with Crippen molar-refractivity contribution in [2.24, 2.45) is 17.6 Å². The molecule has 0 aromatic carbocycles. The van der Waals surface area contributed by atoms with E-state index in [2.05, 4.69) is 10.1 Å². The van der Waals surface area contributed by atoms with E-state index >= 15 is 0 Å². The molecule has 2 N–H and O–H groups in total. The van der Waals surface area contributed by atoms with Crippen molar-refractivity contribution in [2.45, 2.75) is 56.6 Å². The Morgan fingerprint density at radius 3 is 2.74 bits per heavy atom. The fourth-order valence-corrected chi connectivity index (χ4v) is 3.33. The SMILES string of the molecule is NC(COC1CCC1)c1noc(C2CC3CC3C2)n1. The van der Waals surface area contributed by atoms with Crippen LogP contribution in [-0.4, -0.2) is 22.9 Å². The normalized spacial score (nSPS) is 34.9. The van der Waals surface area contributed by atoms with Gasteiger partial charge in [-0.15, -0.1) is 0 Å². The minimum atomic E-state index is -0.256. The molecular formula is C14H21N3O2. The first kappa shape index (κ1) is 11.9. The zero-order valence-electron chi connectivity index (χ0n) is 11.1. The van der Waals surface area contributed by atoms with Gasteiger partial charge in [0.15, 0.2) is 5.82 Å². The van der Waals surface area contributed by atoms with Crippen LogP contribution in [0.3, 0.4) is 0 Å². The Morgan fingerprint density at radius 2 is 2.05 bits per heavy atom. The molecule has 104 valence electrons. The van der Waals surface area contributed by atoms with Gasteiger partial charge in [-0.3, -0.25) is 0 Å². The van der Waals surface area contributed by atoms with Crippen molar-refractivity contribution in [3.63, 3.8) is 0 Å². The second-order valence-electron chi connectivity index (χ2n) is 6.41. The highest BCUT2D eigenvalue weighted by Gasteiger charge is 2.47. The number of fused-ring (bicyclic) bond motifs is 1. The third kappa shape index (κ3) is 2.30. The second kappa shape index (κ2) is 4.56. The molecule has 0 amide bonds. The Bertz CT molecular complexity index is 447. The van der Waals surface area contributed by atoms with Gasteiger partial charge in [0.2, 0.25) is 5.89 Å². The van der Waals surface area contributed by atoms with E-state index < -0.39 is 0 Å². The van der Waals surface area contributed by atoms with Crippen molar-refractivity contribution in [3.8, 4) is 0 Å². The Labute approximate surface area is 112 Å². The summed E-state index contributed by atoms with van der Waals surface area (Å²) in [6, 6.07) is -0.256. The van der Waals surface area contributed by atoms with E-state index in [-0.39, 0.29) is 6.04 Å². The first-order valence-electron chi connectivity index (χ1n) is 7.50. The minimum Gasteiger partial charge on any atom is -0.376 e. The minimum absolute atomic E-state index is 0.256. The Balaban J connectivity index is 1.34. The maximum atomic E-state index is 6.06. The highest BCUT2D eigenvalue weighted by Crippen LogP contribution is 2.57. The number of hydrogen-bond donors (Lipinski definition) is 1. The molecule has 0 aliphatic heterocycles. The van der Waals surface area contributed by atoms with Crippen LogP contribution in [0.2, 0.25) is 0 Å². The lowest BCUT2D eigenvalue weighted by Gasteiger charge is -2.26. The fourth-order valence-electron chi connectivity index (χ4n) is 3.33. The summed E-state index contributed by atoms with van der Waals surface area (Å²) in [4.78, 5) is 4.49. The molecule has 4 rings (SSSR count). The topological polar surface area (TPSA) is 74.2 Å². The molecule has 1 heterocycles. The first-order valence-corrected chi connectivity index (χ1v) is 7.50. The number of aromatic nitrogens is 2. The van der Waals surface area contributed by atoms with Crippen molar-refractivity contribution in [3.05, 3.63) is 11.7 Å². The van der Waals surface area contributed by atoms with Gasteiger partial charge in [0.25, 0.3) is 0 Å². The first-order chi connectivity index (χ1) is 9.29. The maximum Gasteiger partial charge on any atom is 0.229 e. The molecule has 0 saturated heterocycles. The van der Waals surface area contributed by atoms with Crippen LogP contribution < -0.4 is 5.73 Å². The predicted molar refractivity (Wildman–Crippen MR) is 68.4 cm³/mol. The van der Waals surface area contributed by atoms with Gasteiger partial charge in [-0.1, -0.05) is 5.16 Å². The molecule has 0 spiro atoms. The molecule has 3 aliphatic rings. The molecule has 19 heavy (non-hydrogen) atoms. The molecule has 3 fully saturated rings. The highest BCUT2D eigenvalue weighted by atomic mass is 16.5. The van der Waals surface area contributed by atoms with Crippen molar-refractivity contribution < 1.29 is 9.26 Å². The molecule has 0 bridgehead atoms. The average Bonchev–Trinajstić information content (AvgIpc) is 2.82. The van der Waals surface area contributed by atoms with Gasteiger partial charge < -0.3 is 15.0 Å². The Morgan fingerprint density at radius 1 is 1.26 bits per heavy atom. The molecule has 1 aromatic heterocycles. The smallest absolute Gasteiger partial charge is 0.229 e. The molecule has 3 atom stereocenters. The summed E-state index contributed by atoms with van der Waals surface area (Å²) in [6.07, 6.45) is 7.85. The predicted octanol–water partition coefficient (Wildman–Crippen LogP) is 2.15. The maximum absolute atomic E-state index is 6.06. The lowest BCUT2D eigenvalue weighted by molar-refractivity contribution is -0.00549. The zero-order valence-corrected chi connectivity index (χ0v) is 11.1. The standard InChI is InChI=1S/C14H21N3O2/c15-12(7-18-11-2-1-3-11)13-16-14(19-17-13)10-5-8-4-9(8)6-10/h8-12H,1-7,15H2. The second-order valence-corrected chi connectivity index (χ2v) is 6.41. The molecule has 0 radical (unpaired) electrons. The summed E-state index contributed by atoms with van der Waals surface area (Å²) in [7, 11) is 0. The largest absolute Gasteiger partial charge is 0.376 e. The van der Waals surface area contributed by atoms with Crippen LogP contribution in [0.5, 0.6) is 0 Å².